The van der Waals surface area contributed by atoms with Crippen molar-refractivity contribution in [3.05, 3.63) is 42.2 Å². The summed E-state index contributed by atoms with van der Waals surface area (Å²) in [6.07, 6.45) is -3.41. The van der Waals surface area contributed by atoms with E-state index in [4.69, 9.17) is 5.73 Å². The Morgan fingerprint density at radius 1 is 1.32 bits per heavy atom. The van der Waals surface area contributed by atoms with Crippen LogP contribution in [0.3, 0.4) is 0 Å². The van der Waals surface area contributed by atoms with E-state index in [0.29, 0.717) is 18.2 Å². The van der Waals surface area contributed by atoms with E-state index in [1.807, 2.05) is 0 Å². The summed E-state index contributed by atoms with van der Waals surface area (Å²) in [5.41, 5.74) is 5.72. The van der Waals surface area contributed by atoms with Crippen molar-refractivity contribution in [1.82, 2.24) is 15.3 Å². The van der Waals surface area contributed by atoms with Gasteiger partial charge in [0.1, 0.15) is 17.6 Å². The number of carbonyl (C=O) groups is 1. The maximum Gasteiger partial charge on any atom is 0.405 e. The number of rotatable bonds is 6. The van der Waals surface area contributed by atoms with Crippen LogP contribution < -0.4 is 26.2 Å². The number of pyridine rings is 2. The summed E-state index contributed by atoms with van der Waals surface area (Å²) >= 11 is 0. The van der Waals surface area contributed by atoms with E-state index in [1.165, 1.54) is 6.07 Å². The van der Waals surface area contributed by atoms with Gasteiger partial charge in [0.05, 0.1) is 11.7 Å². The maximum atomic E-state index is 12.6. The fourth-order valence-corrected chi connectivity index (χ4v) is 3.74. The first kappa shape index (κ1) is 21.1. The van der Waals surface area contributed by atoms with Crippen molar-refractivity contribution in [3.8, 4) is 0 Å². The number of carbonyl (C=O) groups excluding carboxylic acids is 1. The van der Waals surface area contributed by atoms with E-state index in [9.17, 15) is 23.1 Å². The minimum atomic E-state index is -4.61. The number of alkyl halides is 3. The van der Waals surface area contributed by atoms with Crippen LogP contribution in [0.2, 0.25) is 0 Å². The molecule has 9 nitrogen and oxygen atoms in total. The van der Waals surface area contributed by atoms with E-state index in [-0.39, 0.29) is 11.7 Å². The molecule has 0 saturated carbocycles. The number of aliphatic hydroxyl groups excluding tert-OH is 1. The van der Waals surface area contributed by atoms with Crippen molar-refractivity contribution in [1.29, 1.82) is 0 Å². The molecule has 1 saturated heterocycles. The number of halogens is 3. The van der Waals surface area contributed by atoms with Crippen molar-refractivity contribution in [2.24, 2.45) is 5.73 Å². The molecule has 2 aromatic heterocycles. The lowest BCUT2D eigenvalue weighted by atomic mass is 10.1. The zero-order valence-electron chi connectivity index (χ0n) is 16.4. The first-order chi connectivity index (χ1) is 14.7. The number of nitrogens with zero attached hydrogens (tertiary/aromatic N) is 4. The molecule has 2 aromatic rings. The molecule has 12 heteroatoms. The Hall–Kier alpha value is -3.12. The highest BCUT2D eigenvalue weighted by atomic mass is 19.4. The van der Waals surface area contributed by atoms with E-state index in [2.05, 4.69) is 25.5 Å². The highest BCUT2D eigenvalue weighted by molar-refractivity contribution is 5.93. The van der Waals surface area contributed by atoms with Crippen molar-refractivity contribution < 1.29 is 23.1 Å². The largest absolute Gasteiger partial charge is 0.405 e. The highest BCUT2D eigenvalue weighted by Crippen LogP contribution is 2.39. The first-order valence-corrected chi connectivity index (χ1v) is 9.74. The second-order valence-corrected chi connectivity index (χ2v) is 7.43. The Labute approximate surface area is 176 Å². The molecule has 31 heavy (non-hydrogen) atoms. The number of hydrogen-bond donors (Lipinski definition) is 4. The fraction of sp³-hybridized carbons (Fsp3) is 0.421. The molecule has 5 N–H and O–H groups in total. The zero-order chi connectivity index (χ0) is 22.2. The van der Waals surface area contributed by atoms with Crippen LogP contribution in [0.25, 0.3) is 0 Å². The number of fused-ring (bicyclic) bond motifs is 4. The molecule has 1 fully saturated rings. The number of anilines is 3. The lowest BCUT2D eigenvalue weighted by Gasteiger charge is -2.40. The van der Waals surface area contributed by atoms with E-state index in [0.717, 1.165) is 18.7 Å². The van der Waals surface area contributed by atoms with Crippen LogP contribution in [0.15, 0.2) is 36.5 Å². The topological polar surface area (TPSA) is 120 Å². The van der Waals surface area contributed by atoms with Crippen molar-refractivity contribution in [2.45, 2.75) is 31.0 Å². The summed E-state index contributed by atoms with van der Waals surface area (Å²) in [4.78, 5) is 24.7. The first-order valence-electron chi connectivity index (χ1n) is 9.74. The van der Waals surface area contributed by atoms with Gasteiger partial charge in [-0.15, -0.1) is 0 Å². The number of hydrogen-bond acceptors (Lipinski definition) is 8. The molecule has 4 rings (SSSR count). The number of aromatic nitrogens is 2. The van der Waals surface area contributed by atoms with Crippen molar-refractivity contribution in [3.63, 3.8) is 0 Å². The van der Waals surface area contributed by atoms with Gasteiger partial charge in [-0.2, -0.15) is 13.2 Å². The third kappa shape index (κ3) is 4.35. The van der Waals surface area contributed by atoms with Gasteiger partial charge in [-0.05, 0) is 30.7 Å². The molecule has 3 atom stereocenters. The average molecular weight is 437 g/mol. The molecule has 0 aliphatic carbocycles. The lowest BCUT2D eigenvalue weighted by molar-refractivity contribution is -0.146. The summed E-state index contributed by atoms with van der Waals surface area (Å²) in [6, 6.07) is 6.14. The predicted molar refractivity (Wildman–Crippen MR) is 108 cm³/mol. The van der Waals surface area contributed by atoms with Crippen molar-refractivity contribution >= 4 is 23.2 Å². The Morgan fingerprint density at radius 3 is 2.84 bits per heavy atom. The minimum absolute atomic E-state index is 0.0526. The molecule has 4 heterocycles. The monoisotopic (exact) mass is 437 g/mol. The molecule has 0 radical (unpaired) electrons. The van der Waals surface area contributed by atoms with Gasteiger partial charge in [-0.1, -0.05) is 6.07 Å². The molecule has 166 valence electrons. The summed E-state index contributed by atoms with van der Waals surface area (Å²) in [7, 11) is 0. The molecule has 0 spiro atoms. The van der Waals surface area contributed by atoms with Gasteiger partial charge < -0.3 is 31.3 Å². The van der Waals surface area contributed by atoms with Gasteiger partial charge in [0, 0.05) is 25.8 Å². The average Bonchev–Trinajstić information content (AvgIpc) is 3.15. The minimum Gasteiger partial charge on any atom is -0.366 e. The van der Waals surface area contributed by atoms with Crippen LogP contribution >= 0.6 is 0 Å². The molecule has 0 aromatic carbocycles. The summed E-state index contributed by atoms with van der Waals surface area (Å²) in [5, 5.41) is 15.9. The second kappa shape index (κ2) is 8.19. The highest BCUT2D eigenvalue weighted by Gasteiger charge is 2.40. The molecular formula is C19H22F3N7O2. The molecule has 1 amide bonds. The van der Waals surface area contributed by atoms with E-state index in [1.54, 1.807) is 35.4 Å². The van der Waals surface area contributed by atoms with Crippen LogP contribution in [0.5, 0.6) is 0 Å². The molecule has 2 aliphatic heterocycles. The number of amides is 1. The normalized spacial score (nSPS) is 19.6. The van der Waals surface area contributed by atoms with Gasteiger partial charge in [-0.3, -0.25) is 4.79 Å². The predicted octanol–water partition coefficient (Wildman–Crippen LogP) is 0.883. The molecule has 2 aliphatic rings. The Bertz CT molecular complexity index is 944. The van der Waals surface area contributed by atoms with Gasteiger partial charge >= 0.3 is 6.18 Å². The van der Waals surface area contributed by atoms with Crippen LogP contribution in [0, 0.1) is 0 Å². The van der Waals surface area contributed by atoms with Crippen LogP contribution in [0.1, 0.15) is 16.9 Å². The number of aliphatic hydroxyl groups is 1. The van der Waals surface area contributed by atoms with Gasteiger partial charge in [0.25, 0.3) is 5.91 Å². The van der Waals surface area contributed by atoms with Crippen LogP contribution in [0.4, 0.5) is 30.5 Å². The number of nitrogens with two attached hydrogens (primary N) is 1. The van der Waals surface area contributed by atoms with Crippen molar-refractivity contribution in [2.75, 3.05) is 34.8 Å². The SMILES string of the molecule is NC(CNC(=O)c1ccc2c(n1)N(C(O)Nc1ccccn1)[C@H]1CCN2C1)C(F)(F)F. The van der Waals surface area contributed by atoms with Gasteiger partial charge in [0.2, 0.25) is 6.35 Å². The smallest absolute Gasteiger partial charge is 0.366 e. The summed E-state index contributed by atoms with van der Waals surface area (Å²) < 4.78 is 37.8. The van der Waals surface area contributed by atoms with E-state index >= 15 is 0 Å². The molecule has 2 unspecified atom stereocenters. The quantitative estimate of drug-likeness (QED) is 0.492. The third-order valence-corrected chi connectivity index (χ3v) is 5.34. The van der Waals surface area contributed by atoms with E-state index < -0.39 is 31.0 Å². The Kier molecular flexibility index (Phi) is 5.58. The van der Waals surface area contributed by atoms with Crippen LogP contribution in [-0.2, 0) is 0 Å². The van der Waals surface area contributed by atoms with Gasteiger partial charge in [0.15, 0.2) is 5.82 Å². The molecule has 2 bridgehead atoms. The van der Waals surface area contributed by atoms with Crippen LogP contribution in [-0.4, -0.2) is 65.2 Å². The maximum absolute atomic E-state index is 12.6. The second-order valence-electron chi connectivity index (χ2n) is 7.43. The standard InChI is InChI=1S/C19H22F3N7O2/c20-19(21,22)14(23)9-25-17(30)12-4-5-13-16(26-12)29(11-6-8-28(13)10-11)18(31)27-15-3-1-2-7-24-15/h1-5,7,11,14,18,31H,6,8-10,23H2,(H,24,27)(H,25,30)/t11-,14?,18?/m0/s1. The zero-order valence-corrected chi connectivity index (χ0v) is 16.4. The number of nitrogens with one attached hydrogen (secondary N) is 2. The fourth-order valence-electron chi connectivity index (χ4n) is 3.74. The van der Waals surface area contributed by atoms with Gasteiger partial charge in [-0.25, -0.2) is 9.97 Å². The Morgan fingerprint density at radius 2 is 2.13 bits per heavy atom. The third-order valence-electron chi connectivity index (χ3n) is 5.34. The lowest BCUT2D eigenvalue weighted by Crippen LogP contribution is -2.52. The summed E-state index contributed by atoms with van der Waals surface area (Å²) in [6.45, 7) is 0.684. The molecular weight excluding hydrogens is 415 g/mol. The summed E-state index contributed by atoms with van der Waals surface area (Å²) in [5.74, 6) is 0.0620. The Balaban J connectivity index is 1.56.